The fourth-order valence-electron chi connectivity index (χ4n) is 2.66. The maximum Gasteiger partial charge on any atom is 0.374 e. The molecule has 8 heteroatoms. The van der Waals surface area contributed by atoms with Crippen LogP contribution in [0.15, 0.2) is 30.3 Å². The monoisotopic (exact) mass is 350 g/mol. The van der Waals surface area contributed by atoms with E-state index in [1.807, 2.05) is 30.3 Å². The Labute approximate surface area is 149 Å². The van der Waals surface area contributed by atoms with Crippen LogP contribution in [0.25, 0.3) is 0 Å². The van der Waals surface area contributed by atoms with E-state index in [2.05, 4.69) is 5.23 Å². The van der Waals surface area contributed by atoms with E-state index in [9.17, 15) is 9.82 Å². The zero-order chi connectivity index (χ0) is 18.1. The Bertz CT molecular complexity index is 509. The predicted molar refractivity (Wildman–Crippen MR) is 94.6 cm³/mol. The molecular formula is C17H27BN2O5. The molecule has 0 saturated carbocycles. The molecule has 0 spiro atoms. The van der Waals surface area contributed by atoms with Gasteiger partial charge in [-0.25, -0.2) is 0 Å². The fraction of sp³-hybridized carbons (Fsp3) is 0.588. The lowest BCUT2D eigenvalue weighted by Crippen LogP contribution is -2.48. The van der Waals surface area contributed by atoms with Crippen molar-refractivity contribution in [2.24, 2.45) is 5.73 Å². The second-order valence-electron chi connectivity index (χ2n) is 6.15. The third kappa shape index (κ3) is 6.76. The van der Waals surface area contributed by atoms with Crippen molar-refractivity contribution in [3.63, 3.8) is 0 Å². The van der Waals surface area contributed by atoms with Crippen LogP contribution < -0.4 is 11.0 Å². The van der Waals surface area contributed by atoms with Crippen LogP contribution in [0.5, 0.6) is 0 Å². The largest absolute Gasteiger partial charge is 0.456 e. The SMILES string of the molecule is CB(O)N[C@@H](CCCCN)C(=O)OC1COC(c2ccccc2)OC1. The Morgan fingerprint density at radius 1 is 1.36 bits per heavy atom. The maximum absolute atomic E-state index is 12.4. The number of ether oxygens (including phenoxy) is 3. The predicted octanol–water partition coefficient (Wildman–Crippen LogP) is 0.841. The van der Waals surface area contributed by atoms with Gasteiger partial charge in [-0.05, 0) is 26.2 Å². The molecule has 1 aliphatic rings. The molecule has 1 fully saturated rings. The first-order chi connectivity index (χ1) is 12.1. The second-order valence-corrected chi connectivity index (χ2v) is 6.15. The molecule has 1 aromatic rings. The molecule has 2 rings (SSSR count). The third-order valence-electron chi connectivity index (χ3n) is 3.90. The minimum atomic E-state index is -0.795. The molecule has 4 N–H and O–H groups in total. The standard InChI is InChI=1S/C17H27BN2O5/c1-18(22)20-15(9-5-6-10-19)16(21)25-14-11-23-17(24-12-14)13-7-3-2-4-8-13/h2-4,7-8,14-15,17,20,22H,5-6,9-12,19H2,1H3/t14?,15-,17?/m0/s1. The minimum Gasteiger partial charge on any atom is -0.456 e. The first kappa shape index (κ1) is 19.9. The molecule has 1 atom stereocenters. The summed E-state index contributed by atoms with van der Waals surface area (Å²) in [5, 5.41) is 12.3. The quantitative estimate of drug-likeness (QED) is 0.344. The number of hydrogen-bond acceptors (Lipinski definition) is 7. The summed E-state index contributed by atoms with van der Waals surface area (Å²) in [6, 6.07) is 9.05. The van der Waals surface area contributed by atoms with Gasteiger partial charge in [0.05, 0.1) is 19.3 Å². The molecule has 1 aromatic carbocycles. The normalized spacial score (nSPS) is 21.6. The van der Waals surface area contributed by atoms with Gasteiger partial charge < -0.3 is 30.2 Å². The Balaban J connectivity index is 1.80. The van der Waals surface area contributed by atoms with Crippen molar-refractivity contribution in [3.8, 4) is 0 Å². The number of benzene rings is 1. The minimum absolute atomic E-state index is 0.273. The number of unbranched alkanes of at least 4 members (excludes halogenated alkanes) is 1. The zero-order valence-corrected chi connectivity index (χ0v) is 14.6. The molecule has 25 heavy (non-hydrogen) atoms. The number of carbonyl (C=O) groups is 1. The van der Waals surface area contributed by atoms with Gasteiger partial charge in [-0.2, -0.15) is 0 Å². The van der Waals surface area contributed by atoms with Crippen LogP contribution in [0.1, 0.15) is 31.1 Å². The first-order valence-electron chi connectivity index (χ1n) is 8.73. The highest BCUT2D eigenvalue weighted by atomic mass is 16.7. The van der Waals surface area contributed by atoms with Crippen LogP contribution in [0.2, 0.25) is 6.82 Å². The highest BCUT2D eigenvalue weighted by Crippen LogP contribution is 2.23. The van der Waals surface area contributed by atoms with E-state index in [1.165, 1.54) is 0 Å². The molecule has 138 valence electrons. The van der Waals surface area contributed by atoms with Gasteiger partial charge in [0.1, 0.15) is 6.10 Å². The van der Waals surface area contributed by atoms with Crippen molar-refractivity contribution in [2.75, 3.05) is 19.8 Å². The van der Waals surface area contributed by atoms with Gasteiger partial charge in [0, 0.05) is 5.56 Å². The van der Waals surface area contributed by atoms with Crippen LogP contribution >= 0.6 is 0 Å². The summed E-state index contributed by atoms with van der Waals surface area (Å²) < 4.78 is 16.8. The van der Waals surface area contributed by atoms with E-state index in [4.69, 9.17) is 19.9 Å². The molecule has 7 nitrogen and oxygen atoms in total. The van der Waals surface area contributed by atoms with E-state index >= 15 is 0 Å². The van der Waals surface area contributed by atoms with Gasteiger partial charge in [0.25, 0.3) is 0 Å². The zero-order valence-electron chi connectivity index (χ0n) is 14.6. The van der Waals surface area contributed by atoms with Crippen LogP contribution in [-0.2, 0) is 19.0 Å². The number of nitrogens with two attached hydrogens (primary N) is 1. The number of rotatable bonds is 9. The van der Waals surface area contributed by atoms with Crippen LogP contribution in [0, 0.1) is 0 Å². The van der Waals surface area contributed by atoms with Crippen LogP contribution in [0.4, 0.5) is 0 Å². The smallest absolute Gasteiger partial charge is 0.374 e. The van der Waals surface area contributed by atoms with Crippen molar-refractivity contribution in [1.82, 2.24) is 5.23 Å². The summed E-state index contributed by atoms with van der Waals surface area (Å²) in [4.78, 5) is 12.4. The summed E-state index contributed by atoms with van der Waals surface area (Å²) in [5.41, 5.74) is 6.42. The molecule has 0 bridgehead atoms. The van der Waals surface area contributed by atoms with E-state index in [1.54, 1.807) is 6.82 Å². The molecule has 1 heterocycles. The molecule has 0 aromatic heterocycles. The lowest BCUT2D eigenvalue weighted by atomic mass is 9.86. The molecule has 0 amide bonds. The maximum atomic E-state index is 12.4. The number of nitrogens with one attached hydrogen (secondary N) is 1. The molecule has 1 saturated heterocycles. The number of esters is 1. The Kier molecular flexibility index (Phi) is 8.37. The summed E-state index contributed by atoms with van der Waals surface area (Å²) in [6.45, 7) is 2.69. The number of carbonyl (C=O) groups excluding carboxylic acids is 1. The average molecular weight is 350 g/mol. The van der Waals surface area contributed by atoms with Crippen LogP contribution in [0.3, 0.4) is 0 Å². The van der Waals surface area contributed by atoms with Gasteiger partial charge in [-0.15, -0.1) is 0 Å². The molecule has 1 aliphatic heterocycles. The average Bonchev–Trinajstić information content (AvgIpc) is 2.62. The first-order valence-corrected chi connectivity index (χ1v) is 8.73. The summed E-state index contributed by atoms with van der Waals surface area (Å²) in [7, 11) is -0.795. The van der Waals surface area contributed by atoms with E-state index in [0.717, 1.165) is 18.4 Å². The molecule has 0 aliphatic carbocycles. The Hall–Kier alpha value is -1.45. The van der Waals surface area contributed by atoms with Gasteiger partial charge in [0.15, 0.2) is 6.29 Å². The lowest BCUT2D eigenvalue weighted by molar-refractivity contribution is -0.230. The van der Waals surface area contributed by atoms with Gasteiger partial charge in [0.2, 0.25) is 0 Å². The fourth-order valence-corrected chi connectivity index (χ4v) is 2.66. The van der Waals surface area contributed by atoms with Crippen molar-refractivity contribution >= 4 is 13.0 Å². The summed E-state index contributed by atoms with van der Waals surface area (Å²) in [5.74, 6) is -0.409. The topological polar surface area (TPSA) is 103 Å². The molecular weight excluding hydrogens is 323 g/mol. The number of hydrogen-bond donors (Lipinski definition) is 3. The lowest BCUT2D eigenvalue weighted by Gasteiger charge is -2.30. The van der Waals surface area contributed by atoms with Crippen molar-refractivity contribution in [3.05, 3.63) is 35.9 Å². The Morgan fingerprint density at radius 2 is 2.04 bits per heavy atom. The summed E-state index contributed by atoms with van der Waals surface area (Å²) >= 11 is 0. The molecule has 0 unspecified atom stereocenters. The highest BCUT2D eigenvalue weighted by molar-refractivity contribution is 6.46. The van der Waals surface area contributed by atoms with E-state index in [0.29, 0.717) is 13.0 Å². The van der Waals surface area contributed by atoms with Crippen molar-refractivity contribution in [1.29, 1.82) is 0 Å². The second kappa shape index (κ2) is 10.5. The highest BCUT2D eigenvalue weighted by Gasteiger charge is 2.29. The van der Waals surface area contributed by atoms with E-state index in [-0.39, 0.29) is 13.2 Å². The van der Waals surface area contributed by atoms with Crippen LogP contribution in [-0.4, -0.2) is 49.9 Å². The van der Waals surface area contributed by atoms with Crippen molar-refractivity contribution in [2.45, 2.75) is 44.5 Å². The van der Waals surface area contributed by atoms with Gasteiger partial charge >= 0.3 is 13.0 Å². The summed E-state index contributed by atoms with van der Waals surface area (Å²) in [6.07, 6.45) is 1.26. The Morgan fingerprint density at radius 3 is 2.64 bits per heavy atom. The van der Waals surface area contributed by atoms with Gasteiger partial charge in [-0.1, -0.05) is 36.8 Å². The van der Waals surface area contributed by atoms with Crippen molar-refractivity contribution < 1.29 is 24.0 Å². The van der Waals surface area contributed by atoms with E-state index < -0.39 is 31.5 Å². The molecule has 0 radical (unpaired) electrons. The third-order valence-corrected chi connectivity index (χ3v) is 3.90. The van der Waals surface area contributed by atoms with Gasteiger partial charge in [-0.3, -0.25) is 4.79 Å².